The van der Waals surface area contributed by atoms with Crippen LogP contribution in [0.1, 0.15) is 93.9 Å². The molecular formula is C34H51ClO7Si. The monoisotopic (exact) mass is 634 g/mol. The Hall–Kier alpha value is -1.77. The summed E-state index contributed by atoms with van der Waals surface area (Å²) in [5.74, 6) is -1.82. The van der Waals surface area contributed by atoms with Gasteiger partial charge in [0.05, 0.1) is 11.0 Å². The van der Waals surface area contributed by atoms with Gasteiger partial charge in [0.1, 0.15) is 0 Å². The van der Waals surface area contributed by atoms with E-state index in [1.807, 2.05) is 13.0 Å². The van der Waals surface area contributed by atoms with Crippen molar-refractivity contribution in [2.45, 2.75) is 129 Å². The summed E-state index contributed by atoms with van der Waals surface area (Å²) < 4.78 is 19.0. The summed E-state index contributed by atoms with van der Waals surface area (Å²) in [6.07, 6.45) is 7.58. The minimum atomic E-state index is -2.42. The zero-order chi connectivity index (χ0) is 32.4. The Morgan fingerprint density at radius 1 is 1.07 bits per heavy atom. The molecule has 3 saturated carbocycles. The molecule has 4 aliphatic rings. The molecule has 8 atom stereocenters. The third-order valence-corrected chi connectivity index (χ3v) is 17.4. The first-order chi connectivity index (χ1) is 19.7. The van der Waals surface area contributed by atoms with Crippen molar-refractivity contribution < 1.29 is 33.1 Å². The highest BCUT2D eigenvalue weighted by atomic mass is 35.5. The lowest BCUT2D eigenvalue weighted by molar-refractivity contribution is -0.202. The van der Waals surface area contributed by atoms with Crippen molar-refractivity contribution in [1.82, 2.24) is 0 Å². The van der Waals surface area contributed by atoms with Gasteiger partial charge in [-0.05, 0) is 67.8 Å². The van der Waals surface area contributed by atoms with E-state index < -0.39 is 54.3 Å². The van der Waals surface area contributed by atoms with Crippen molar-refractivity contribution >= 4 is 43.4 Å². The van der Waals surface area contributed by atoms with E-state index in [2.05, 4.69) is 47.7 Å². The van der Waals surface area contributed by atoms with Gasteiger partial charge in [-0.1, -0.05) is 67.0 Å². The van der Waals surface area contributed by atoms with Crippen LogP contribution in [0.2, 0.25) is 18.1 Å². The van der Waals surface area contributed by atoms with E-state index in [4.69, 9.17) is 25.5 Å². The SMILES string of the molecule is CCC(=O)OCC(=O)[C@@]1(OC(=O)CC)[C@@H](C)C[C@H]2[C@@H]3CCC4=CC(=O)C=C[C@]4(C)[C@@]3(Cl)[C@@H](O[Si](C)(C)C(C)(C)C)C[C@@]21C. The summed E-state index contributed by atoms with van der Waals surface area (Å²) in [7, 11) is -2.42. The van der Waals surface area contributed by atoms with Crippen molar-refractivity contribution in [3.63, 3.8) is 0 Å². The van der Waals surface area contributed by atoms with E-state index in [0.29, 0.717) is 19.3 Å². The molecule has 0 aliphatic heterocycles. The van der Waals surface area contributed by atoms with Gasteiger partial charge in [-0.15, -0.1) is 11.6 Å². The molecule has 4 rings (SSSR count). The van der Waals surface area contributed by atoms with Crippen molar-refractivity contribution in [3.8, 4) is 0 Å². The molecule has 0 saturated heterocycles. The van der Waals surface area contributed by atoms with Gasteiger partial charge in [-0.3, -0.25) is 19.2 Å². The van der Waals surface area contributed by atoms with Crippen LogP contribution in [0, 0.1) is 28.6 Å². The topological polar surface area (TPSA) is 96.0 Å². The van der Waals surface area contributed by atoms with Crippen LogP contribution in [0.5, 0.6) is 0 Å². The average molecular weight is 635 g/mol. The average Bonchev–Trinajstić information content (AvgIpc) is 3.13. The van der Waals surface area contributed by atoms with Crippen molar-refractivity contribution in [1.29, 1.82) is 0 Å². The Balaban J connectivity index is 1.93. The highest BCUT2D eigenvalue weighted by molar-refractivity contribution is 6.74. The zero-order valence-corrected chi connectivity index (χ0v) is 29.5. The summed E-state index contributed by atoms with van der Waals surface area (Å²) in [5, 5.41) is -0.112. The molecule has 0 aromatic rings. The highest BCUT2D eigenvalue weighted by Crippen LogP contribution is 2.73. The molecule has 3 fully saturated rings. The molecule has 4 aliphatic carbocycles. The number of rotatable bonds is 8. The number of Topliss-reactive ketones (excluding diaryl/α,β-unsaturated/α-hetero) is 1. The Labute approximate surface area is 263 Å². The quantitative estimate of drug-likeness (QED) is 0.159. The number of allylic oxidation sites excluding steroid dienone is 4. The molecule has 0 N–H and O–H groups in total. The van der Waals surface area contributed by atoms with Crippen LogP contribution in [-0.2, 0) is 33.1 Å². The lowest BCUT2D eigenvalue weighted by Gasteiger charge is -2.66. The number of halogens is 1. The fourth-order valence-corrected chi connectivity index (χ4v) is 10.6. The molecule has 0 heterocycles. The molecule has 0 radical (unpaired) electrons. The van der Waals surface area contributed by atoms with Gasteiger partial charge in [0.25, 0.3) is 0 Å². The number of carbonyl (C=O) groups excluding carboxylic acids is 4. The van der Waals surface area contributed by atoms with Crippen LogP contribution in [-0.4, -0.2) is 55.0 Å². The first kappa shape index (κ1) is 34.1. The lowest BCUT2D eigenvalue weighted by Crippen LogP contribution is -2.71. The molecule has 0 amide bonds. The van der Waals surface area contributed by atoms with Gasteiger partial charge in [0.2, 0.25) is 5.78 Å². The number of carbonyl (C=O) groups is 4. The molecule has 0 unspecified atom stereocenters. The first-order valence-corrected chi connectivity index (χ1v) is 19.3. The van der Waals surface area contributed by atoms with E-state index in [9.17, 15) is 19.2 Å². The summed E-state index contributed by atoms with van der Waals surface area (Å²) in [6.45, 7) is 20.1. The number of alkyl halides is 1. The molecule has 43 heavy (non-hydrogen) atoms. The van der Waals surface area contributed by atoms with Gasteiger partial charge in [0.15, 0.2) is 26.3 Å². The number of ketones is 2. The largest absolute Gasteiger partial charge is 0.457 e. The van der Waals surface area contributed by atoms with Crippen molar-refractivity contribution in [3.05, 3.63) is 23.8 Å². The Morgan fingerprint density at radius 3 is 2.28 bits per heavy atom. The molecule has 0 spiro atoms. The Morgan fingerprint density at radius 2 is 1.70 bits per heavy atom. The summed E-state index contributed by atoms with van der Waals surface area (Å²) in [4.78, 5) is 51.2. The zero-order valence-electron chi connectivity index (χ0n) is 27.7. The third-order valence-electron chi connectivity index (χ3n) is 12.0. The predicted octanol–water partition coefficient (Wildman–Crippen LogP) is 7.12. The highest BCUT2D eigenvalue weighted by Gasteiger charge is 2.77. The summed E-state index contributed by atoms with van der Waals surface area (Å²) in [6, 6.07) is 0. The van der Waals surface area contributed by atoms with Crippen LogP contribution >= 0.6 is 11.6 Å². The third kappa shape index (κ3) is 5.02. The van der Waals surface area contributed by atoms with E-state index >= 15 is 0 Å². The first-order valence-electron chi connectivity index (χ1n) is 16.0. The van der Waals surface area contributed by atoms with E-state index in [0.717, 1.165) is 12.0 Å². The molecule has 9 heteroatoms. The van der Waals surface area contributed by atoms with E-state index in [-0.39, 0.29) is 47.2 Å². The molecule has 240 valence electrons. The van der Waals surface area contributed by atoms with Crippen LogP contribution in [0.4, 0.5) is 0 Å². The standard InChI is InChI=1S/C34H51ClO7Si/c1-11-28(38)40-20-26(37)34(41-29(39)12-2)21(3)17-25-24-14-13-22-18-23(36)15-16-31(22,7)33(24,35)27(19-32(25,34)8)42-43(9,10)30(4,5)6/h15-16,18,21,24-25,27H,11-14,17,19-20H2,1-10H3/t21-,24-,25-,27-,31-,32-,33-,34-/m0/s1. The number of fused-ring (bicyclic) bond motifs is 5. The minimum Gasteiger partial charge on any atom is -0.457 e. The summed E-state index contributed by atoms with van der Waals surface area (Å²) >= 11 is 8.10. The Bertz CT molecular complexity index is 1250. The fourth-order valence-electron chi connectivity index (χ4n) is 8.63. The molecular weight excluding hydrogens is 584 g/mol. The van der Waals surface area contributed by atoms with Gasteiger partial charge in [0, 0.05) is 29.6 Å². The van der Waals surface area contributed by atoms with Crippen LogP contribution in [0.3, 0.4) is 0 Å². The van der Waals surface area contributed by atoms with Gasteiger partial charge >= 0.3 is 11.9 Å². The molecule has 0 aromatic carbocycles. The second-order valence-corrected chi connectivity index (χ2v) is 20.6. The lowest BCUT2D eigenvalue weighted by atomic mass is 9.45. The van der Waals surface area contributed by atoms with Gasteiger partial charge in [-0.25, -0.2) is 0 Å². The Kier molecular flexibility index (Phi) is 8.91. The normalized spacial score (nSPS) is 38.9. The summed E-state index contributed by atoms with van der Waals surface area (Å²) in [5.41, 5.74) is -1.93. The van der Waals surface area contributed by atoms with E-state index in [1.54, 1.807) is 26.0 Å². The number of hydrogen-bond donors (Lipinski definition) is 0. The molecule has 7 nitrogen and oxygen atoms in total. The number of esters is 2. The maximum absolute atomic E-state index is 14.4. The minimum absolute atomic E-state index is 0.0269. The second kappa shape index (κ2) is 11.2. The van der Waals surface area contributed by atoms with Crippen molar-refractivity contribution in [2.75, 3.05) is 6.61 Å². The van der Waals surface area contributed by atoms with E-state index in [1.165, 1.54) is 0 Å². The van der Waals surface area contributed by atoms with Gasteiger partial charge in [-0.2, -0.15) is 0 Å². The van der Waals surface area contributed by atoms with Crippen LogP contribution in [0.25, 0.3) is 0 Å². The number of ether oxygens (including phenoxy) is 2. The van der Waals surface area contributed by atoms with Gasteiger partial charge < -0.3 is 13.9 Å². The van der Waals surface area contributed by atoms with Crippen molar-refractivity contribution in [2.24, 2.45) is 28.6 Å². The molecule has 0 aromatic heterocycles. The van der Waals surface area contributed by atoms with Crippen LogP contribution in [0.15, 0.2) is 23.8 Å². The fraction of sp³-hybridized carbons (Fsp3) is 0.765. The predicted molar refractivity (Wildman–Crippen MR) is 169 cm³/mol. The maximum Gasteiger partial charge on any atom is 0.306 e. The maximum atomic E-state index is 14.4. The second-order valence-electron chi connectivity index (χ2n) is 15.3. The number of hydrogen-bond acceptors (Lipinski definition) is 7. The smallest absolute Gasteiger partial charge is 0.306 e. The van der Waals surface area contributed by atoms with Crippen LogP contribution < -0.4 is 0 Å². The molecule has 0 bridgehead atoms.